The van der Waals surface area contributed by atoms with E-state index in [0.29, 0.717) is 41.9 Å². The number of benzene rings is 2. The highest BCUT2D eigenvalue weighted by atomic mass is 16.5. The topological polar surface area (TPSA) is 69.7 Å². The van der Waals surface area contributed by atoms with E-state index in [1.807, 2.05) is 38.1 Å². The maximum absolute atomic E-state index is 12.4. The van der Waals surface area contributed by atoms with Gasteiger partial charge in [-0.1, -0.05) is 13.0 Å². The van der Waals surface area contributed by atoms with Crippen molar-refractivity contribution in [3.8, 4) is 11.5 Å². The van der Waals surface area contributed by atoms with Crippen molar-refractivity contribution in [1.29, 1.82) is 0 Å². The van der Waals surface area contributed by atoms with Crippen LogP contribution in [0.15, 0.2) is 30.3 Å². The van der Waals surface area contributed by atoms with Gasteiger partial charge in [-0.15, -0.1) is 0 Å². The van der Waals surface area contributed by atoms with Gasteiger partial charge in [0.1, 0.15) is 17.3 Å². The highest BCUT2D eigenvalue weighted by molar-refractivity contribution is 6.00. The molecule has 0 N–H and O–H groups in total. The Hall–Kier alpha value is -3.21. The Bertz CT molecular complexity index is 1090. The Kier molecular flexibility index (Phi) is 9.15. The van der Waals surface area contributed by atoms with Crippen LogP contribution in [0.4, 0.5) is 0 Å². The van der Waals surface area contributed by atoms with Crippen LogP contribution in [0.3, 0.4) is 0 Å². The lowest BCUT2D eigenvalue weighted by Crippen LogP contribution is -2.05. The summed E-state index contributed by atoms with van der Waals surface area (Å²) in [7, 11) is 3.13. The van der Waals surface area contributed by atoms with Crippen molar-refractivity contribution >= 4 is 22.9 Å². The van der Waals surface area contributed by atoms with Crippen LogP contribution in [0.25, 0.3) is 5.57 Å². The van der Waals surface area contributed by atoms with Crippen molar-refractivity contribution in [3.05, 3.63) is 63.7 Å². The van der Waals surface area contributed by atoms with Crippen LogP contribution in [0.5, 0.6) is 11.5 Å². The molecule has 0 unspecified atom stereocenters. The third-order valence-corrected chi connectivity index (χ3v) is 5.69. The number of aryl methyl sites for hydroxylation is 2. The monoisotopic (exact) mass is 450 g/mol. The molecule has 0 saturated carbocycles. The molecular weight excluding hydrogens is 416 g/mol. The van der Waals surface area contributed by atoms with Gasteiger partial charge in [0.05, 0.1) is 25.3 Å². The number of carbonyl (C=O) groups excluding carboxylic acids is 3. The molecule has 0 heterocycles. The highest BCUT2D eigenvalue weighted by Gasteiger charge is 2.19. The number of carbonyl (C=O) groups is 3. The summed E-state index contributed by atoms with van der Waals surface area (Å²) in [6, 6.07) is 7.72. The Morgan fingerprint density at radius 3 is 1.88 bits per heavy atom. The first-order chi connectivity index (χ1) is 15.6. The molecule has 0 fully saturated rings. The summed E-state index contributed by atoms with van der Waals surface area (Å²) in [6.07, 6.45) is 4.71. The molecule has 0 aliphatic rings. The molecule has 0 bridgehead atoms. The van der Waals surface area contributed by atoms with Gasteiger partial charge in [0.2, 0.25) is 0 Å². The molecular formula is C28H34O5. The van der Waals surface area contributed by atoms with Crippen molar-refractivity contribution in [2.75, 3.05) is 14.2 Å². The highest BCUT2D eigenvalue weighted by Crippen LogP contribution is 2.36. The Morgan fingerprint density at radius 2 is 1.39 bits per heavy atom. The number of allylic oxidation sites excluding steroid dienone is 1. The molecule has 176 valence electrons. The molecule has 2 aromatic carbocycles. The first-order valence-electron chi connectivity index (χ1n) is 11.3. The summed E-state index contributed by atoms with van der Waals surface area (Å²) >= 11 is 0. The number of methoxy groups -OCH3 is 2. The molecule has 5 heteroatoms. The number of hydrogen-bond acceptors (Lipinski definition) is 5. The summed E-state index contributed by atoms with van der Waals surface area (Å²) in [5, 5.41) is 0. The Balaban J connectivity index is 2.77. The zero-order chi connectivity index (χ0) is 24.7. The molecule has 0 spiro atoms. The van der Waals surface area contributed by atoms with Crippen LogP contribution in [0.1, 0.15) is 89.9 Å². The van der Waals surface area contributed by atoms with Gasteiger partial charge in [-0.05, 0) is 99.0 Å². The van der Waals surface area contributed by atoms with Gasteiger partial charge < -0.3 is 14.3 Å². The van der Waals surface area contributed by atoms with Gasteiger partial charge in [-0.3, -0.25) is 9.59 Å². The van der Waals surface area contributed by atoms with E-state index in [4.69, 9.17) is 9.47 Å². The molecule has 0 radical (unpaired) electrons. The third kappa shape index (κ3) is 6.19. The SMILES string of the molecule is CCc1cc(/C(=C\CCCC(C)=O)c2cc(C)c(OC)c(C(C)=O)c2)cc(C(C)=O)c1OC. The van der Waals surface area contributed by atoms with Crippen LogP contribution in [-0.4, -0.2) is 31.6 Å². The normalized spacial score (nSPS) is 11.3. The number of unbranched alkanes of at least 4 members (excludes halogenated alkanes) is 1. The second kappa shape index (κ2) is 11.6. The average Bonchev–Trinajstić information content (AvgIpc) is 2.77. The van der Waals surface area contributed by atoms with E-state index in [2.05, 4.69) is 6.08 Å². The molecule has 2 aromatic rings. The number of Topliss-reactive ketones (excluding diaryl/α,β-unsaturated/α-hetero) is 3. The Labute approximate surface area is 196 Å². The number of ketones is 3. The maximum Gasteiger partial charge on any atom is 0.163 e. The van der Waals surface area contributed by atoms with E-state index in [1.54, 1.807) is 21.1 Å². The lowest BCUT2D eigenvalue weighted by molar-refractivity contribution is -0.117. The third-order valence-electron chi connectivity index (χ3n) is 5.69. The average molecular weight is 451 g/mol. The van der Waals surface area contributed by atoms with Gasteiger partial charge in [-0.25, -0.2) is 0 Å². The predicted octanol–water partition coefficient (Wildman–Crippen LogP) is 6.17. The van der Waals surface area contributed by atoms with Gasteiger partial charge in [0, 0.05) is 6.42 Å². The summed E-state index contributed by atoms with van der Waals surface area (Å²) in [4.78, 5) is 36.2. The second-order valence-corrected chi connectivity index (χ2v) is 8.27. The molecule has 0 saturated heterocycles. The van der Waals surface area contributed by atoms with Gasteiger partial charge in [0.15, 0.2) is 11.6 Å². The standard InChI is InChI=1S/C28H34O5/c1-8-21-14-23(16-26(20(5)31)28(21)33-7)24(12-10-9-11-18(3)29)22-13-17(2)27(32-6)25(15-22)19(4)30/h12-16H,8-11H2,1-7H3/b24-12-. The van der Waals surface area contributed by atoms with Crippen molar-refractivity contribution in [2.24, 2.45) is 0 Å². The first kappa shape index (κ1) is 26.0. The van der Waals surface area contributed by atoms with Gasteiger partial charge in [-0.2, -0.15) is 0 Å². The van der Waals surface area contributed by atoms with E-state index in [1.165, 1.54) is 13.8 Å². The minimum Gasteiger partial charge on any atom is -0.496 e. The van der Waals surface area contributed by atoms with E-state index in [9.17, 15) is 14.4 Å². The van der Waals surface area contributed by atoms with Crippen LogP contribution >= 0.6 is 0 Å². The molecule has 0 amide bonds. The molecule has 5 nitrogen and oxygen atoms in total. The number of rotatable bonds is 11. The molecule has 0 atom stereocenters. The molecule has 33 heavy (non-hydrogen) atoms. The van der Waals surface area contributed by atoms with Crippen molar-refractivity contribution in [3.63, 3.8) is 0 Å². The van der Waals surface area contributed by atoms with Gasteiger partial charge >= 0.3 is 0 Å². The zero-order valence-electron chi connectivity index (χ0n) is 20.8. The van der Waals surface area contributed by atoms with E-state index in [-0.39, 0.29) is 17.3 Å². The maximum atomic E-state index is 12.4. The van der Waals surface area contributed by atoms with E-state index in [0.717, 1.165) is 34.2 Å². The quantitative estimate of drug-likeness (QED) is 0.302. The van der Waals surface area contributed by atoms with Crippen LogP contribution < -0.4 is 9.47 Å². The number of hydrogen-bond donors (Lipinski definition) is 0. The van der Waals surface area contributed by atoms with Crippen molar-refractivity contribution in [1.82, 2.24) is 0 Å². The van der Waals surface area contributed by atoms with Crippen LogP contribution in [-0.2, 0) is 11.2 Å². The zero-order valence-corrected chi connectivity index (χ0v) is 20.8. The fourth-order valence-electron chi connectivity index (χ4n) is 4.07. The van der Waals surface area contributed by atoms with Crippen LogP contribution in [0.2, 0.25) is 0 Å². The predicted molar refractivity (Wildman–Crippen MR) is 132 cm³/mol. The Morgan fingerprint density at radius 1 is 0.848 bits per heavy atom. The number of ether oxygens (including phenoxy) is 2. The molecule has 0 aromatic heterocycles. The smallest absolute Gasteiger partial charge is 0.163 e. The second-order valence-electron chi connectivity index (χ2n) is 8.27. The lowest BCUT2D eigenvalue weighted by Gasteiger charge is -2.18. The summed E-state index contributed by atoms with van der Waals surface area (Å²) in [6.45, 7) is 8.57. The molecule has 0 aliphatic heterocycles. The first-order valence-corrected chi connectivity index (χ1v) is 11.3. The summed E-state index contributed by atoms with van der Waals surface area (Å²) in [5.74, 6) is 1.16. The minimum atomic E-state index is -0.0823. The summed E-state index contributed by atoms with van der Waals surface area (Å²) < 4.78 is 11.0. The summed E-state index contributed by atoms with van der Waals surface area (Å²) in [5.41, 5.74) is 5.48. The largest absolute Gasteiger partial charge is 0.496 e. The van der Waals surface area contributed by atoms with Crippen LogP contribution in [0, 0.1) is 6.92 Å². The fraction of sp³-hybridized carbons (Fsp3) is 0.393. The van der Waals surface area contributed by atoms with Crippen molar-refractivity contribution < 1.29 is 23.9 Å². The molecule has 2 rings (SSSR count). The minimum absolute atomic E-state index is 0.0744. The lowest BCUT2D eigenvalue weighted by atomic mass is 9.89. The van der Waals surface area contributed by atoms with Gasteiger partial charge in [0.25, 0.3) is 0 Å². The van der Waals surface area contributed by atoms with E-state index < -0.39 is 0 Å². The fourth-order valence-corrected chi connectivity index (χ4v) is 4.07. The molecule has 0 aliphatic carbocycles. The van der Waals surface area contributed by atoms with Crippen molar-refractivity contribution in [2.45, 2.75) is 60.3 Å². The van der Waals surface area contributed by atoms with E-state index >= 15 is 0 Å².